The van der Waals surface area contributed by atoms with Gasteiger partial charge in [0.1, 0.15) is 26.9 Å². The summed E-state index contributed by atoms with van der Waals surface area (Å²) in [5.41, 5.74) is 4.79. The summed E-state index contributed by atoms with van der Waals surface area (Å²) in [5.74, 6) is -2.75. The number of carbonyl (C=O) groups is 3. The number of nitrogen functional groups attached to an aromatic ring is 1. The lowest BCUT2D eigenvalue weighted by atomic mass is 9.86. The average Bonchev–Trinajstić information content (AvgIpc) is 3.11. The van der Waals surface area contributed by atoms with E-state index in [-0.39, 0.29) is 20.9 Å². The van der Waals surface area contributed by atoms with Gasteiger partial charge in [-0.15, -0.1) is 0 Å². The van der Waals surface area contributed by atoms with Crippen molar-refractivity contribution < 1.29 is 24.7 Å². The smallest absolute Gasteiger partial charge is 0.353 e. The Hall–Kier alpha value is -2.87. The lowest BCUT2D eigenvalue weighted by Gasteiger charge is -2.50. The molecule has 11 nitrogen and oxygen atoms in total. The van der Waals surface area contributed by atoms with Crippen molar-refractivity contribution in [3.8, 4) is 0 Å². The zero-order valence-corrected chi connectivity index (χ0v) is 19.5. The van der Waals surface area contributed by atoms with Gasteiger partial charge in [0, 0.05) is 16.0 Å². The highest BCUT2D eigenvalue weighted by molar-refractivity contribution is 8.03. The molecule has 15 heteroatoms. The van der Waals surface area contributed by atoms with Crippen molar-refractivity contribution in [1.82, 2.24) is 20.2 Å². The second kappa shape index (κ2) is 9.17. The monoisotopic (exact) mass is 528 g/mol. The minimum absolute atomic E-state index is 0.0455. The number of β-lactam (4-membered cyclic amide) rings is 1. The van der Waals surface area contributed by atoms with Crippen LogP contribution in [0.1, 0.15) is 18.5 Å². The van der Waals surface area contributed by atoms with E-state index in [4.69, 9.17) is 28.9 Å². The van der Waals surface area contributed by atoms with Crippen LogP contribution in [-0.2, 0) is 14.4 Å². The third-order valence-corrected chi connectivity index (χ3v) is 7.39. The van der Waals surface area contributed by atoms with Crippen molar-refractivity contribution in [2.75, 3.05) is 5.73 Å². The molecule has 0 spiro atoms. The summed E-state index contributed by atoms with van der Waals surface area (Å²) in [7, 11) is 0. The molecule has 2 aliphatic heterocycles. The molecular weight excluding hydrogens is 515 g/mol. The summed E-state index contributed by atoms with van der Waals surface area (Å²) < 4.78 is 0.0455. The number of carboxylic acids is 1. The first-order chi connectivity index (χ1) is 15.7. The van der Waals surface area contributed by atoms with Crippen LogP contribution in [0.3, 0.4) is 0 Å². The summed E-state index contributed by atoms with van der Waals surface area (Å²) in [6.07, 6.45) is 2.29. The van der Waals surface area contributed by atoms with Crippen LogP contribution >= 0.6 is 46.3 Å². The number of rotatable bonds is 6. The summed E-state index contributed by atoms with van der Waals surface area (Å²) in [6, 6.07) is 1.71. The van der Waals surface area contributed by atoms with E-state index in [1.807, 2.05) is 0 Å². The number of carboxylic acid groups (broad SMARTS) is 1. The Labute approximate surface area is 204 Å². The number of allylic oxidation sites excluding steroid dienone is 1. The van der Waals surface area contributed by atoms with Gasteiger partial charge in [-0.25, -0.2) is 14.8 Å². The minimum atomic E-state index is -1.26. The fraction of sp³-hybridized carbons (Fsp3) is 0.222. The van der Waals surface area contributed by atoms with Gasteiger partial charge in [-0.2, -0.15) is 0 Å². The quantitative estimate of drug-likeness (QED) is 0.144. The van der Waals surface area contributed by atoms with Gasteiger partial charge in [0.25, 0.3) is 11.8 Å². The van der Waals surface area contributed by atoms with Gasteiger partial charge in [-0.3, -0.25) is 14.5 Å². The topological polar surface area (TPSA) is 171 Å². The molecule has 0 saturated carbocycles. The molecule has 5 N–H and O–H groups in total. The molecule has 0 bridgehead atoms. The number of nitrogens with one attached hydrogen (secondary N) is 1. The van der Waals surface area contributed by atoms with Crippen molar-refractivity contribution in [3.05, 3.63) is 44.1 Å². The average molecular weight is 529 g/mol. The molecule has 4 heterocycles. The van der Waals surface area contributed by atoms with Crippen molar-refractivity contribution >= 4 is 74.9 Å². The maximum Gasteiger partial charge on any atom is 0.353 e. The van der Waals surface area contributed by atoms with Gasteiger partial charge in [-0.1, -0.05) is 51.5 Å². The number of thiazole rings is 1. The van der Waals surface area contributed by atoms with Crippen molar-refractivity contribution in [1.29, 1.82) is 0 Å². The van der Waals surface area contributed by atoms with Crippen molar-refractivity contribution in [2.45, 2.75) is 29.8 Å². The van der Waals surface area contributed by atoms with E-state index in [1.165, 1.54) is 18.0 Å². The van der Waals surface area contributed by atoms with Crippen LogP contribution in [0.4, 0.5) is 5.13 Å². The number of fused-ring (bicyclic) bond motifs is 1. The first-order valence-corrected chi connectivity index (χ1v) is 11.6. The number of amides is 2. The molecule has 33 heavy (non-hydrogen) atoms. The molecular formula is C18H14Cl2N6O5S2. The van der Waals surface area contributed by atoms with E-state index in [0.29, 0.717) is 27.8 Å². The molecule has 2 aromatic heterocycles. The van der Waals surface area contributed by atoms with E-state index in [9.17, 15) is 24.7 Å². The number of thioether (sulfide) groups is 1. The molecule has 4 rings (SSSR count). The molecule has 2 aliphatic rings. The molecule has 172 valence electrons. The number of aromatic nitrogens is 2. The maximum atomic E-state index is 12.8. The normalized spacial score (nSPS) is 20.4. The van der Waals surface area contributed by atoms with Crippen LogP contribution in [0.2, 0.25) is 9.49 Å². The minimum Gasteiger partial charge on any atom is -0.477 e. The number of halogens is 2. The van der Waals surface area contributed by atoms with Crippen LogP contribution in [0.25, 0.3) is 0 Å². The van der Waals surface area contributed by atoms with Crippen LogP contribution < -0.4 is 11.1 Å². The van der Waals surface area contributed by atoms with Crippen LogP contribution in [0.15, 0.2) is 39.0 Å². The van der Waals surface area contributed by atoms with Crippen LogP contribution in [-0.4, -0.2) is 60.8 Å². The standard InChI is InChI=1S/C18H14Cl2N6O5S2/c19-9-4-1-6(5-22-9)32-8-3-2-7-10(16(28)26(7)13(8)17(29)30)23-15(27)12(25-31)11-14(20)33-18(21)24-11/h1,4-5,7,10,31H,2-3H2,(H2,21,24)(H,23,27)(H,29,30)/b25-12-/t7?,10-/m0/s1. The third kappa shape index (κ3) is 4.36. The third-order valence-electron chi connectivity index (χ3n) is 4.96. The van der Waals surface area contributed by atoms with E-state index < -0.39 is 35.6 Å². The van der Waals surface area contributed by atoms with E-state index in [2.05, 4.69) is 20.4 Å². The first kappa shape index (κ1) is 23.3. The second-order valence-electron chi connectivity index (χ2n) is 6.88. The molecule has 2 atom stereocenters. The molecule has 1 fully saturated rings. The summed E-state index contributed by atoms with van der Waals surface area (Å²) >= 11 is 13.8. The Morgan fingerprint density at radius 3 is 2.70 bits per heavy atom. The van der Waals surface area contributed by atoms with E-state index in [1.54, 1.807) is 12.1 Å². The van der Waals surface area contributed by atoms with Gasteiger partial charge in [-0.05, 0) is 25.0 Å². The lowest BCUT2D eigenvalue weighted by molar-refractivity contribution is -0.155. The van der Waals surface area contributed by atoms with Gasteiger partial charge >= 0.3 is 5.97 Å². The zero-order chi connectivity index (χ0) is 23.9. The number of hydrogen-bond acceptors (Lipinski definition) is 10. The van der Waals surface area contributed by atoms with Crippen molar-refractivity contribution in [3.63, 3.8) is 0 Å². The first-order valence-electron chi connectivity index (χ1n) is 9.25. The molecule has 1 unspecified atom stereocenters. The SMILES string of the molecule is Nc1nc(/C(=N/O)C(=O)N[C@@H]2C(=O)N3C(C(=O)O)=C(Sc4ccc(Cl)nc4)CCC23)c(Cl)s1. The second-order valence-corrected chi connectivity index (χ2v) is 10.1. The Morgan fingerprint density at radius 2 is 2.12 bits per heavy atom. The number of pyridine rings is 1. The maximum absolute atomic E-state index is 12.8. The number of anilines is 1. The van der Waals surface area contributed by atoms with E-state index in [0.717, 1.165) is 16.2 Å². The largest absolute Gasteiger partial charge is 0.477 e. The van der Waals surface area contributed by atoms with Crippen LogP contribution in [0.5, 0.6) is 0 Å². The summed E-state index contributed by atoms with van der Waals surface area (Å²) in [4.78, 5) is 47.6. The Kier molecular flexibility index (Phi) is 6.47. The fourth-order valence-corrected chi connectivity index (χ4v) is 5.63. The number of carbonyl (C=O) groups excluding carboxylic acids is 2. The Balaban J connectivity index is 1.53. The molecule has 2 amide bonds. The molecule has 2 aromatic rings. The van der Waals surface area contributed by atoms with E-state index >= 15 is 0 Å². The number of oxime groups is 1. The van der Waals surface area contributed by atoms with Crippen LogP contribution in [0, 0.1) is 0 Å². The van der Waals surface area contributed by atoms with Gasteiger partial charge in [0.05, 0.1) is 6.04 Å². The summed E-state index contributed by atoms with van der Waals surface area (Å²) in [5, 5.41) is 24.9. The molecule has 0 radical (unpaired) electrons. The van der Waals surface area contributed by atoms with Gasteiger partial charge in [0.2, 0.25) is 0 Å². The molecule has 1 saturated heterocycles. The van der Waals surface area contributed by atoms with Gasteiger partial charge in [0.15, 0.2) is 10.8 Å². The molecule has 0 aliphatic carbocycles. The molecule has 0 aromatic carbocycles. The zero-order valence-electron chi connectivity index (χ0n) is 16.4. The fourth-order valence-electron chi connectivity index (χ4n) is 3.57. The van der Waals surface area contributed by atoms with Gasteiger partial charge < -0.3 is 21.4 Å². The number of hydrogen-bond donors (Lipinski definition) is 4. The Bertz CT molecular complexity index is 1220. The number of nitrogens with zero attached hydrogens (tertiary/aromatic N) is 4. The number of aliphatic carboxylic acids is 1. The summed E-state index contributed by atoms with van der Waals surface area (Å²) in [6.45, 7) is 0. The predicted molar refractivity (Wildman–Crippen MR) is 121 cm³/mol. The Morgan fingerprint density at radius 1 is 1.36 bits per heavy atom. The number of nitrogens with two attached hydrogens (primary N) is 1. The van der Waals surface area contributed by atoms with Crippen molar-refractivity contribution in [2.24, 2.45) is 5.16 Å². The highest BCUT2D eigenvalue weighted by atomic mass is 35.5. The lowest BCUT2D eigenvalue weighted by Crippen LogP contribution is -2.72. The highest BCUT2D eigenvalue weighted by Crippen LogP contribution is 2.43. The predicted octanol–water partition coefficient (Wildman–Crippen LogP) is 2.18. The highest BCUT2D eigenvalue weighted by Gasteiger charge is 2.53.